The van der Waals surface area contributed by atoms with Crippen molar-refractivity contribution < 1.29 is 9.05 Å². The van der Waals surface area contributed by atoms with Crippen molar-refractivity contribution in [2.24, 2.45) is 0 Å². The SMILES string of the molecule is Cc1cc(C)cc(-c2cc3ccccc3c(-c3c(OP(c4ccccc4)c4ccccc4)c(-c4cc(C)cc(C)c4)cc4ccccc34)c2OP(c2ccccc2)c2ccccc2)c1. The van der Waals surface area contributed by atoms with Crippen LogP contribution in [0.15, 0.2) is 218 Å². The normalized spacial score (nSPS) is 11.4. The number of fused-ring (bicyclic) bond motifs is 2. The van der Waals surface area contributed by atoms with Gasteiger partial charge in [-0.25, -0.2) is 0 Å². The second-order valence-electron chi connectivity index (χ2n) is 16.6. The Labute approximate surface area is 379 Å². The minimum Gasteiger partial charge on any atom is -0.463 e. The Bertz CT molecular complexity index is 2920. The van der Waals surface area contributed by atoms with Crippen LogP contribution in [0.5, 0.6) is 11.5 Å². The third kappa shape index (κ3) is 8.36. The van der Waals surface area contributed by atoms with Gasteiger partial charge in [0.1, 0.15) is 11.5 Å². The van der Waals surface area contributed by atoms with E-state index in [0.717, 1.165) is 87.6 Å². The Kier molecular flexibility index (Phi) is 11.7. The second-order valence-corrected chi connectivity index (χ2v) is 20.2. The summed E-state index contributed by atoms with van der Waals surface area (Å²) in [6, 6.07) is 78.8. The summed E-state index contributed by atoms with van der Waals surface area (Å²) in [5.74, 6) is 1.66. The van der Waals surface area contributed by atoms with Gasteiger partial charge in [0.15, 0.2) is 16.3 Å². The van der Waals surface area contributed by atoms with Gasteiger partial charge in [0.2, 0.25) is 0 Å². The third-order valence-corrected chi connectivity index (χ3v) is 15.4. The highest BCUT2D eigenvalue weighted by Gasteiger charge is 2.30. The van der Waals surface area contributed by atoms with Gasteiger partial charge in [0, 0.05) is 43.5 Å². The maximum Gasteiger partial charge on any atom is 0.150 e. The predicted octanol–water partition coefficient (Wildman–Crippen LogP) is 15.1. The molecule has 0 saturated carbocycles. The largest absolute Gasteiger partial charge is 0.463 e. The van der Waals surface area contributed by atoms with Gasteiger partial charge in [-0.05, 0) is 72.5 Å². The summed E-state index contributed by atoms with van der Waals surface area (Å²) in [5, 5.41) is 8.99. The molecule has 0 atom stereocenters. The van der Waals surface area contributed by atoms with Gasteiger partial charge >= 0.3 is 0 Å². The Morgan fingerprint density at radius 3 is 0.891 bits per heavy atom. The quantitative estimate of drug-likeness (QED) is 0.121. The van der Waals surface area contributed by atoms with Crippen molar-refractivity contribution in [3.05, 3.63) is 241 Å². The second kappa shape index (κ2) is 18.1. The number of hydrogen-bond acceptors (Lipinski definition) is 2. The van der Waals surface area contributed by atoms with E-state index in [4.69, 9.17) is 9.05 Å². The standard InChI is InChI=1S/C60H48O2P2/c1-41-33-42(2)36-47(35-41)55-39-45-21-17-19-31-53(45)57(59(55)61-63(49-23-9-5-10-24-49)50-25-11-6-12-26-50)58-54-32-20-18-22-46(54)40-56(48-37-43(3)34-44(4)38-48)60(58)62-64(51-27-13-7-14-28-51)52-29-15-8-16-30-52/h5-40H,1-4H3. The van der Waals surface area contributed by atoms with Crippen LogP contribution in [-0.2, 0) is 0 Å². The van der Waals surface area contributed by atoms with Crippen LogP contribution in [-0.4, -0.2) is 0 Å². The van der Waals surface area contributed by atoms with E-state index in [1.165, 1.54) is 22.3 Å². The summed E-state index contributed by atoms with van der Waals surface area (Å²) >= 11 is 0. The van der Waals surface area contributed by atoms with E-state index in [1.807, 2.05) is 0 Å². The van der Waals surface area contributed by atoms with E-state index in [-0.39, 0.29) is 0 Å². The average molecular weight is 863 g/mol. The summed E-state index contributed by atoms with van der Waals surface area (Å²) in [5.41, 5.74) is 11.1. The molecule has 0 amide bonds. The van der Waals surface area contributed by atoms with Crippen molar-refractivity contribution in [2.75, 3.05) is 0 Å². The summed E-state index contributed by atoms with van der Waals surface area (Å²) in [4.78, 5) is 0. The Balaban J connectivity index is 1.38. The summed E-state index contributed by atoms with van der Waals surface area (Å²) in [6.45, 7) is 8.73. The molecule has 0 heterocycles. The molecule has 0 fully saturated rings. The number of hydrogen-bond donors (Lipinski definition) is 0. The molecule has 4 heteroatoms. The van der Waals surface area contributed by atoms with Gasteiger partial charge in [0.05, 0.1) is 0 Å². The smallest absolute Gasteiger partial charge is 0.150 e. The highest BCUT2D eigenvalue weighted by Crippen LogP contribution is 2.57. The monoisotopic (exact) mass is 862 g/mol. The molecule has 2 nitrogen and oxygen atoms in total. The lowest BCUT2D eigenvalue weighted by Gasteiger charge is -2.29. The Morgan fingerprint density at radius 2 is 0.578 bits per heavy atom. The molecule has 0 aliphatic carbocycles. The molecule has 10 aromatic carbocycles. The molecule has 0 unspecified atom stereocenters. The lowest BCUT2D eigenvalue weighted by Crippen LogP contribution is -2.17. The van der Waals surface area contributed by atoms with Crippen LogP contribution in [0.4, 0.5) is 0 Å². The highest BCUT2D eigenvalue weighted by molar-refractivity contribution is 7.69. The van der Waals surface area contributed by atoms with Crippen molar-refractivity contribution in [1.82, 2.24) is 0 Å². The fourth-order valence-corrected chi connectivity index (χ4v) is 12.5. The van der Waals surface area contributed by atoms with E-state index < -0.39 is 16.3 Å². The van der Waals surface area contributed by atoms with Crippen molar-refractivity contribution in [2.45, 2.75) is 27.7 Å². The van der Waals surface area contributed by atoms with Crippen LogP contribution in [0.2, 0.25) is 0 Å². The maximum absolute atomic E-state index is 7.92. The first kappa shape index (κ1) is 41.2. The molecule has 0 spiro atoms. The molecule has 0 aromatic heterocycles. The zero-order valence-electron chi connectivity index (χ0n) is 36.5. The first-order valence-electron chi connectivity index (χ1n) is 21.8. The molecular formula is C60H48O2P2. The molecule has 10 aromatic rings. The maximum atomic E-state index is 7.92. The average Bonchev–Trinajstić information content (AvgIpc) is 3.32. The van der Waals surface area contributed by atoms with Crippen LogP contribution >= 0.6 is 16.3 Å². The summed E-state index contributed by atoms with van der Waals surface area (Å²) in [7, 11) is -2.70. The minimum atomic E-state index is -1.35. The fraction of sp³-hybridized carbons (Fsp3) is 0.0667. The molecule has 310 valence electrons. The zero-order chi connectivity index (χ0) is 43.6. The molecule has 64 heavy (non-hydrogen) atoms. The summed E-state index contributed by atoms with van der Waals surface area (Å²) in [6.07, 6.45) is 0. The Hall–Kier alpha value is -6.82. The molecule has 0 saturated heterocycles. The fourth-order valence-electron chi connectivity index (χ4n) is 8.98. The number of benzene rings is 10. The molecule has 0 bridgehead atoms. The van der Waals surface area contributed by atoms with Crippen LogP contribution in [0.1, 0.15) is 22.3 Å². The van der Waals surface area contributed by atoms with Crippen molar-refractivity contribution in [3.8, 4) is 44.9 Å². The molecule has 0 aliphatic rings. The lowest BCUT2D eigenvalue weighted by molar-refractivity contribution is 0.626. The highest BCUT2D eigenvalue weighted by atomic mass is 31.1. The van der Waals surface area contributed by atoms with Gasteiger partial charge < -0.3 is 9.05 Å². The molecule has 0 N–H and O–H groups in total. The van der Waals surface area contributed by atoms with Crippen LogP contribution in [0.3, 0.4) is 0 Å². The van der Waals surface area contributed by atoms with E-state index in [0.29, 0.717) is 0 Å². The van der Waals surface area contributed by atoms with Crippen LogP contribution < -0.4 is 30.3 Å². The first-order chi connectivity index (χ1) is 31.4. The zero-order valence-corrected chi connectivity index (χ0v) is 38.3. The summed E-state index contributed by atoms with van der Waals surface area (Å²) < 4.78 is 15.8. The Morgan fingerprint density at radius 1 is 0.297 bits per heavy atom. The molecule has 10 rings (SSSR count). The van der Waals surface area contributed by atoms with Gasteiger partial charge in [-0.2, -0.15) is 0 Å². The van der Waals surface area contributed by atoms with Gasteiger partial charge in [-0.3, -0.25) is 0 Å². The minimum absolute atomic E-state index is 0.832. The van der Waals surface area contributed by atoms with E-state index in [9.17, 15) is 0 Å². The number of aryl methyl sites for hydroxylation is 4. The first-order valence-corrected chi connectivity index (χ1v) is 24.4. The molecule has 0 radical (unpaired) electrons. The topological polar surface area (TPSA) is 18.5 Å². The lowest BCUT2D eigenvalue weighted by atomic mass is 9.86. The van der Waals surface area contributed by atoms with E-state index >= 15 is 0 Å². The molecule has 0 aliphatic heterocycles. The van der Waals surface area contributed by atoms with Crippen LogP contribution in [0, 0.1) is 27.7 Å². The van der Waals surface area contributed by atoms with E-state index in [2.05, 4.69) is 246 Å². The molecular weight excluding hydrogens is 815 g/mol. The van der Waals surface area contributed by atoms with Gasteiger partial charge in [-0.15, -0.1) is 0 Å². The van der Waals surface area contributed by atoms with Crippen molar-refractivity contribution in [1.29, 1.82) is 0 Å². The van der Waals surface area contributed by atoms with Crippen molar-refractivity contribution in [3.63, 3.8) is 0 Å². The predicted molar refractivity (Wildman–Crippen MR) is 276 cm³/mol. The van der Waals surface area contributed by atoms with Gasteiger partial charge in [0.25, 0.3) is 0 Å². The van der Waals surface area contributed by atoms with Crippen molar-refractivity contribution >= 4 is 59.1 Å². The van der Waals surface area contributed by atoms with E-state index in [1.54, 1.807) is 0 Å². The number of rotatable bonds is 11. The third-order valence-electron chi connectivity index (χ3n) is 11.6. The van der Waals surface area contributed by atoms with Crippen LogP contribution in [0.25, 0.3) is 54.9 Å². The van der Waals surface area contributed by atoms with Gasteiger partial charge in [-0.1, -0.05) is 229 Å².